The van der Waals surface area contributed by atoms with Crippen molar-refractivity contribution in [3.8, 4) is 0 Å². The lowest BCUT2D eigenvalue weighted by molar-refractivity contribution is 0.0651. The summed E-state index contributed by atoms with van der Waals surface area (Å²) in [6, 6.07) is 2.39. The number of rotatable bonds is 2. The second-order valence-electron chi connectivity index (χ2n) is 5.73. The second kappa shape index (κ2) is 6.96. The van der Waals surface area contributed by atoms with Gasteiger partial charge in [0.05, 0.1) is 0 Å². The largest absolute Gasteiger partial charge is 0.340 e. The Morgan fingerprint density at radius 2 is 2.15 bits per heavy atom. The van der Waals surface area contributed by atoms with Gasteiger partial charge in [-0.25, -0.2) is 0 Å². The monoisotopic (exact) mass is 363 g/mol. The fourth-order valence-corrected chi connectivity index (χ4v) is 2.99. The van der Waals surface area contributed by atoms with Gasteiger partial charge in [0.25, 0.3) is 5.91 Å². The normalized spacial score (nSPS) is 22.8. The predicted molar refractivity (Wildman–Crippen MR) is 87.4 cm³/mol. The first-order valence-electron chi connectivity index (χ1n) is 6.82. The van der Waals surface area contributed by atoms with Gasteiger partial charge in [0.2, 0.25) is 0 Å². The number of hydrogen-bond donors (Lipinski definition) is 1. The minimum absolute atomic E-state index is 0. The third kappa shape index (κ3) is 3.57. The van der Waals surface area contributed by atoms with E-state index >= 15 is 0 Å². The van der Waals surface area contributed by atoms with Crippen molar-refractivity contribution in [2.24, 2.45) is 11.7 Å². The van der Waals surface area contributed by atoms with Crippen LogP contribution in [0.15, 0.2) is 16.7 Å². The van der Waals surface area contributed by atoms with Gasteiger partial charge >= 0.3 is 0 Å². The van der Waals surface area contributed by atoms with Crippen LogP contribution in [-0.2, 0) is 0 Å². The van der Waals surface area contributed by atoms with Crippen LogP contribution < -0.4 is 5.73 Å². The predicted octanol–water partition coefficient (Wildman–Crippen LogP) is 3.06. The summed E-state index contributed by atoms with van der Waals surface area (Å²) in [7, 11) is 0. The van der Waals surface area contributed by atoms with E-state index in [0.29, 0.717) is 5.92 Å². The highest BCUT2D eigenvalue weighted by Crippen LogP contribution is 2.23. The van der Waals surface area contributed by atoms with Gasteiger partial charge in [0.15, 0.2) is 0 Å². The van der Waals surface area contributed by atoms with E-state index in [9.17, 15) is 4.79 Å². The molecule has 0 aliphatic carbocycles. The first-order chi connectivity index (χ1) is 8.90. The lowest BCUT2D eigenvalue weighted by atomic mass is 9.94. The van der Waals surface area contributed by atoms with Crippen LogP contribution in [0.25, 0.3) is 0 Å². The fraction of sp³-hybridized carbons (Fsp3) is 0.643. The Kier molecular flexibility index (Phi) is 6.10. The van der Waals surface area contributed by atoms with E-state index in [4.69, 9.17) is 5.73 Å². The smallest absolute Gasteiger partial charge is 0.270 e. The van der Waals surface area contributed by atoms with Crippen molar-refractivity contribution >= 4 is 34.2 Å². The molecule has 1 amide bonds. The van der Waals surface area contributed by atoms with E-state index in [1.165, 1.54) is 0 Å². The van der Waals surface area contributed by atoms with E-state index in [1.54, 1.807) is 0 Å². The lowest BCUT2D eigenvalue weighted by Crippen LogP contribution is -2.48. The van der Waals surface area contributed by atoms with Crippen molar-refractivity contribution in [3.05, 3.63) is 22.4 Å². The molecule has 0 bridgehead atoms. The number of amides is 1. The van der Waals surface area contributed by atoms with Crippen LogP contribution in [-0.4, -0.2) is 34.5 Å². The Hall–Kier alpha value is -0.520. The highest BCUT2D eigenvalue weighted by atomic mass is 79.9. The van der Waals surface area contributed by atoms with Crippen LogP contribution in [0.1, 0.15) is 43.7 Å². The van der Waals surface area contributed by atoms with E-state index in [2.05, 4.69) is 36.7 Å². The number of nitrogens with two attached hydrogens (primary N) is 1. The molecular weight excluding hydrogens is 342 g/mol. The third-order valence-corrected chi connectivity index (χ3v) is 4.28. The Balaban J connectivity index is 0.00000200. The van der Waals surface area contributed by atoms with Crippen LogP contribution in [0.4, 0.5) is 0 Å². The number of hydrogen-bond acceptors (Lipinski definition) is 2. The molecule has 1 aromatic rings. The zero-order valence-electron chi connectivity index (χ0n) is 12.2. The van der Waals surface area contributed by atoms with Crippen molar-refractivity contribution in [2.45, 2.75) is 39.3 Å². The Labute approximate surface area is 135 Å². The molecule has 6 heteroatoms. The first-order valence-corrected chi connectivity index (χ1v) is 7.61. The van der Waals surface area contributed by atoms with Gasteiger partial charge in [-0.1, -0.05) is 6.92 Å². The van der Waals surface area contributed by atoms with Crippen molar-refractivity contribution in [1.29, 1.82) is 0 Å². The molecule has 2 heterocycles. The fourth-order valence-electron chi connectivity index (χ4n) is 2.55. The summed E-state index contributed by atoms with van der Waals surface area (Å²) < 4.78 is 2.97. The quantitative estimate of drug-likeness (QED) is 0.877. The average Bonchev–Trinajstić information content (AvgIpc) is 2.74. The van der Waals surface area contributed by atoms with Gasteiger partial charge < -0.3 is 15.2 Å². The maximum atomic E-state index is 12.6. The molecule has 114 valence electrons. The molecule has 1 aromatic heterocycles. The van der Waals surface area contributed by atoms with Crippen molar-refractivity contribution in [3.63, 3.8) is 0 Å². The van der Waals surface area contributed by atoms with Gasteiger partial charge in [0, 0.05) is 35.8 Å². The zero-order chi connectivity index (χ0) is 14.2. The molecule has 0 saturated carbocycles. The highest BCUT2D eigenvalue weighted by Gasteiger charge is 2.28. The summed E-state index contributed by atoms with van der Waals surface area (Å²) in [5, 5.41) is 0. The molecule has 0 spiro atoms. The molecule has 2 N–H and O–H groups in total. The van der Waals surface area contributed by atoms with E-state index in [-0.39, 0.29) is 30.4 Å². The Bertz CT molecular complexity index is 475. The highest BCUT2D eigenvalue weighted by molar-refractivity contribution is 9.10. The molecule has 1 aliphatic rings. The number of aromatic nitrogens is 1. The third-order valence-electron chi connectivity index (χ3n) is 3.85. The maximum Gasteiger partial charge on any atom is 0.270 e. The van der Waals surface area contributed by atoms with Gasteiger partial charge in [-0.3, -0.25) is 4.79 Å². The number of carbonyl (C=O) groups excluding carboxylic acids is 1. The number of piperidine rings is 1. The SMILES string of the molecule is CC1CN(C(=O)c2cc(Br)cn2C(C)C)CCC1N.Cl. The summed E-state index contributed by atoms with van der Waals surface area (Å²) in [6.45, 7) is 7.78. The summed E-state index contributed by atoms with van der Waals surface area (Å²) in [4.78, 5) is 14.6. The summed E-state index contributed by atoms with van der Waals surface area (Å²) in [5.41, 5.74) is 6.77. The van der Waals surface area contributed by atoms with Gasteiger partial charge in [-0.2, -0.15) is 0 Å². The molecular formula is C14H23BrClN3O. The molecule has 1 aliphatic heterocycles. The molecule has 2 atom stereocenters. The Morgan fingerprint density at radius 3 is 2.70 bits per heavy atom. The summed E-state index contributed by atoms with van der Waals surface area (Å²) >= 11 is 3.45. The van der Waals surface area contributed by atoms with Crippen LogP contribution >= 0.6 is 28.3 Å². The molecule has 2 unspecified atom stereocenters. The summed E-state index contributed by atoms with van der Waals surface area (Å²) in [6.07, 6.45) is 2.85. The van der Waals surface area contributed by atoms with E-state index < -0.39 is 0 Å². The lowest BCUT2D eigenvalue weighted by Gasteiger charge is -2.35. The molecule has 4 nitrogen and oxygen atoms in total. The molecule has 1 saturated heterocycles. The Morgan fingerprint density at radius 1 is 1.50 bits per heavy atom. The van der Waals surface area contributed by atoms with E-state index in [1.807, 2.05) is 21.7 Å². The molecule has 0 aromatic carbocycles. The van der Waals surface area contributed by atoms with Crippen molar-refractivity contribution in [2.75, 3.05) is 13.1 Å². The van der Waals surface area contributed by atoms with Crippen LogP contribution in [0.3, 0.4) is 0 Å². The molecule has 0 radical (unpaired) electrons. The van der Waals surface area contributed by atoms with Crippen LogP contribution in [0.2, 0.25) is 0 Å². The minimum Gasteiger partial charge on any atom is -0.340 e. The van der Waals surface area contributed by atoms with E-state index in [0.717, 1.165) is 29.7 Å². The van der Waals surface area contributed by atoms with Crippen molar-refractivity contribution < 1.29 is 4.79 Å². The summed E-state index contributed by atoms with van der Waals surface area (Å²) in [5.74, 6) is 0.474. The molecule has 2 rings (SSSR count). The number of carbonyl (C=O) groups is 1. The van der Waals surface area contributed by atoms with Crippen LogP contribution in [0, 0.1) is 5.92 Å². The average molecular weight is 365 g/mol. The topological polar surface area (TPSA) is 51.3 Å². The zero-order valence-corrected chi connectivity index (χ0v) is 14.6. The number of nitrogens with zero attached hydrogens (tertiary/aromatic N) is 2. The van der Waals surface area contributed by atoms with Crippen molar-refractivity contribution in [1.82, 2.24) is 9.47 Å². The van der Waals surface area contributed by atoms with Gasteiger partial charge in [-0.15, -0.1) is 12.4 Å². The molecule has 1 fully saturated rings. The van der Waals surface area contributed by atoms with Gasteiger partial charge in [-0.05, 0) is 48.2 Å². The second-order valence-corrected chi connectivity index (χ2v) is 6.64. The minimum atomic E-state index is 0. The van der Waals surface area contributed by atoms with Crippen LogP contribution in [0.5, 0.6) is 0 Å². The van der Waals surface area contributed by atoms with Gasteiger partial charge in [0.1, 0.15) is 5.69 Å². The standard InChI is InChI=1S/C14H22BrN3O.ClH/c1-9(2)18-8-11(15)6-13(18)14(19)17-5-4-12(16)10(3)7-17;/h6,8-10,12H,4-5,7,16H2,1-3H3;1H. The molecule has 20 heavy (non-hydrogen) atoms. The maximum absolute atomic E-state index is 12.6. The first kappa shape index (κ1) is 17.5. The number of halogens is 2. The number of likely N-dealkylation sites (tertiary alicyclic amines) is 1.